The molecule has 1 aliphatic heterocycles. The number of amides is 2. The highest BCUT2D eigenvalue weighted by Crippen LogP contribution is 2.12. The Morgan fingerprint density at radius 3 is 2.57 bits per heavy atom. The van der Waals surface area contributed by atoms with Gasteiger partial charge in [0.2, 0.25) is 5.91 Å². The van der Waals surface area contributed by atoms with Gasteiger partial charge in [-0.3, -0.25) is 9.59 Å². The average Bonchev–Trinajstić information content (AvgIpc) is 2.47. The summed E-state index contributed by atoms with van der Waals surface area (Å²) in [5.41, 5.74) is -0.244. The zero-order valence-corrected chi connectivity index (χ0v) is 11.7. The maximum Gasteiger partial charge on any atom is 0.257 e. The van der Waals surface area contributed by atoms with Crippen LogP contribution in [0.5, 0.6) is 0 Å². The lowest BCUT2D eigenvalue weighted by molar-refractivity contribution is -0.132. The summed E-state index contributed by atoms with van der Waals surface area (Å²) in [7, 11) is 1.42. The second-order valence-electron chi connectivity index (χ2n) is 4.92. The third-order valence-electron chi connectivity index (χ3n) is 3.35. The molecular weight excluding hydrogens is 280 g/mol. The molecule has 1 aliphatic rings. The Balaban J connectivity index is 2.00. The summed E-state index contributed by atoms with van der Waals surface area (Å²) >= 11 is 0. The van der Waals surface area contributed by atoms with Crippen LogP contribution in [0.1, 0.15) is 10.4 Å². The largest absolute Gasteiger partial charge is 0.339 e. The van der Waals surface area contributed by atoms with Crippen molar-refractivity contribution in [1.82, 2.24) is 15.1 Å². The fourth-order valence-electron chi connectivity index (χ4n) is 2.16. The van der Waals surface area contributed by atoms with E-state index in [9.17, 15) is 18.4 Å². The van der Waals surface area contributed by atoms with E-state index in [0.717, 1.165) is 30.1 Å². The molecule has 0 aliphatic carbocycles. The van der Waals surface area contributed by atoms with E-state index in [2.05, 4.69) is 5.32 Å². The number of piperazine rings is 1. The molecule has 1 fully saturated rings. The molecule has 0 bridgehead atoms. The highest BCUT2D eigenvalue weighted by Gasteiger charge is 2.22. The molecule has 1 saturated heterocycles. The predicted molar refractivity (Wildman–Crippen MR) is 72.8 cm³/mol. The molecule has 1 aromatic carbocycles. The van der Waals surface area contributed by atoms with E-state index in [1.54, 1.807) is 4.90 Å². The van der Waals surface area contributed by atoms with Gasteiger partial charge in [0.25, 0.3) is 5.91 Å². The third-order valence-corrected chi connectivity index (χ3v) is 3.35. The van der Waals surface area contributed by atoms with Crippen molar-refractivity contribution in [2.24, 2.45) is 0 Å². The number of likely N-dealkylation sites (N-methyl/N-ethyl adjacent to an activating group) is 1. The Hall–Kier alpha value is -2.02. The minimum absolute atomic E-state index is 0.129. The first-order chi connectivity index (χ1) is 9.99. The van der Waals surface area contributed by atoms with Crippen LogP contribution in [-0.4, -0.2) is 61.4 Å². The molecule has 0 radical (unpaired) electrons. The van der Waals surface area contributed by atoms with Crippen LogP contribution < -0.4 is 5.32 Å². The van der Waals surface area contributed by atoms with Crippen LogP contribution in [-0.2, 0) is 4.79 Å². The molecule has 0 saturated carbocycles. The second kappa shape index (κ2) is 6.62. The van der Waals surface area contributed by atoms with Gasteiger partial charge in [0.05, 0.1) is 12.1 Å². The van der Waals surface area contributed by atoms with Gasteiger partial charge in [0, 0.05) is 39.3 Å². The molecule has 7 heteroatoms. The van der Waals surface area contributed by atoms with Gasteiger partial charge in [0.15, 0.2) is 0 Å². The molecule has 0 atom stereocenters. The minimum atomic E-state index is -0.929. The standard InChI is InChI=1S/C14H17F2N3O2/c1-18(9-13(20)19-6-4-17-5-7-19)14(21)11-3-2-10(15)8-12(11)16/h2-3,8,17H,4-7,9H2,1H3. The Labute approximate surface area is 121 Å². The summed E-state index contributed by atoms with van der Waals surface area (Å²) in [5, 5.41) is 3.12. The third kappa shape index (κ3) is 3.75. The first-order valence-electron chi connectivity index (χ1n) is 6.68. The number of nitrogens with one attached hydrogen (secondary N) is 1. The van der Waals surface area contributed by atoms with E-state index in [1.807, 2.05) is 0 Å². The van der Waals surface area contributed by atoms with E-state index in [4.69, 9.17) is 0 Å². The zero-order chi connectivity index (χ0) is 15.4. The van der Waals surface area contributed by atoms with Gasteiger partial charge in [-0.05, 0) is 12.1 Å². The fourth-order valence-corrected chi connectivity index (χ4v) is 2.16. The average molecular weight is 297 g/mol. The van der Waals surface area contributed by atoms with E-state index in [-0.39, 0.29) is 18.0 Å². The number of hydrogen-bond acceptors (Lipinski definition) is 3. The number of rotatable bonds is 3. The van der Waals surface area contributed by atoms with Crippen LogP contribution in [0.2, 0.25) is 0 Å². The number of carbonyl (C=O) groups excluding carboxylic acids is 2. The van der Waals surface area contributed by atoms with Crippen LogP contribution in [0.15, 0.2) is 18.2 Å². The number of hydrogen-bond donors (Lipinski definition) is 1. The molecule has 21 heavy (non-hydrogen) atoms. The predicted octanol–water partition coefficient (Wildman–Crippen LogP) is 0.469. The van der Waals surface area contributed by atoms with Gasteiger partial charge in [0.1, 0.15) is 11.6 Å². The molecule has 1 heterocycles. The van der Waals surface area contributed by atoms with Crippen molar-refractivity contribution in [3.05, 3.63) is 35.4 Å². The molecule has 0 aromatic heterocycles. The van der Waals surface area contributed by atoms with Crippen molar-refractivity contribution in [2.75, 3.05) is 39.8 Å². The topological polar surface area (TPSA) is 52.7 Å². The molecule has 1 N–H and O–H groups in total. The van der Waals surface area contributed by atoms with Gasteiger partial charge in [-0.2, -0.15) is 0 Å². The van der Waals surface area contributed by atoms with Crippen molar-refractivity contribution in [3.8, 4) is 0 Å². The van der Waals surface area contributed by atoms with E-state index >= 15 is 0 Å². The summed E-state index contributed by atoms with van der Waals surface area (Å²) in [6.07, 6.45) is 0. The van der Waals surface area contributed by atoms with E-state index < -0.39 is 17.5 Å². The van der Waals surface area contributed by atoms with E-state index in [1.165, 1.54) is 7.05 Å². The highest BCUT2D eigenvalue weighted by molar-refractivity contribution is 5.96. The van der Waals surface area contributed by atoms with Crippen molar-refractivity contribution >= 4 is 11.8 Å². The van der Waals surface area contributed by atoms with Gasteiger partial charge in [-0.15, -0.1) is 0 Å². The van der Waals surface area contributed by atoms with Gasteiger partial charge < -0.3 is 15.1 Å². The van der Waals surface area contributed by atoms with Crippen LogP contribution >= 0.6 is 0 Å². The Kier molecular flexibility index (Phi) is 4.85. The number of halogens is 2. The normalized spacial score (nSPS) is 14.9. The SMILES string of the molecule is CN(CC(=O)N1CCNCC1)C(=O)c1ccc(F)cc1F. The summed E-state index contributed by atoms with van der Waals surface area (Å²) in [6, 6.07) is 2.75. The second-order valence-corrected chi connectivity index (χ2v) is 4.92. The summed E-state index contributed by atoms with van der Waals surface area (Å²) in [6.45, 7) is 2.49. The van der Waals surface area contributed by atoms with Crippen LogP contribution in [0.3, 0.4) is 0 Å². The molecule has 0 unspecified atom stereocenters. The smallest absolute Gasteiger partial charge is 0.257 e. The molecular formula is C14H17F2N3O2. The summed E-state index contributed by atoms with van der Waals surface area (Å²) in [5.74, 6) is -2.50. The van der Waals surface area contributed by atoms with Crippen molar-refractivity contribution in [3.63, 3.8) is 0 Å². The van der Waals surface area contributed by atoms with Crippen LogP contribution in [0.25, 0.3) is 0 Å². The Bertz CT molecular complexity index is 545. The molecule has 114 valence electrons. The Morgan fingerprint density at radius 2 is 1.95 bits per heavy atom. The molecule has 2 amide bonds. The minimum Gasteiger partial charge on any atom is -0.339 e. The molecule has 5 nitrogen and oxygen atoms in total. The van der Waals surface area contributed by atoms with Crippen molar-refractivity contribution in [1.29, 1.82) is 0 Å². The monoisotopic (exact) mass is 297 g/mol. The Morgan fingerprint density at radius 1 is 1.29 bits per heavy atom. The van der Waals surface area contributed by atoms with Crippen LogP contribution in [0.4, 0.5) is 8.78 Å². The molecule has 1 aromatic rings. The lowest BCUT2D eigenvalue weighted by Gasteiger charge is -2.29. The van der Waals surface area contributed by atoms with Crippen molar-refractivity contribution in [2.45, 2.75) is 0 Å². The number of carbonyl (C=O) groups is 2. The summed E-state index contributed by atoms with van der Waals surface area (Å²) < 4.78 is 26.4. The number of benzene rings is 1. The lowest BCUT2D eigenvalue weighted by atomic mass is 10.2. The first kappa shape index (κ1) is 15.4. The summed E-state index contributed by atoms with van der Waals surface area (Å²) in [4.78, 5) is 26.9. The maximum atomic E-state index is 13.6. The lowest BCUT2D eigenvalue weighted by Crippen LogP contribution is -2.49. The van der Waals surface area contributed by atoms with Gasteiger partial charge in [-0.25, -0.2) is 8.78 Å². The first-order valence-corrected chi connectivity index (χ1v) is 6.68. The fraction of sp³-hybridized carbons (Fsp3) is 0.429. The zero-order valence-electron chi connectivity index (χ0n) is 11.7. The van der Waals surface area contributed by atoms with Gasteiger partial charge >= 0.3 is 0 Å². The van der Waals surface area contributed by atoms with E-state index in [0.29, 0.717) is 19.2 Å². The molecule has 0 spiro atoms. The molecule has 2 rings (SSSR count). The number of nitrogens with zero attached hydrogens (tertiary/aromatic N) is 2. The van der Waals surface area contributed by atoms with Gasteiger partial charge in [-0.1, -0.05) is 0 Å². The maximum absolute atomic E-state index is 13.6. The van der Waals surface area contributed by atoms with Crippen molar-refractivity contribution < 1.29 is 18.4 Å². The van der Waals surface area contributed by atoms with Crippen LogP contribution in [0, 0.1) is 11.6 Å². The highest BCUT2D eigenvalue weighted by atomic mass is 19.1. The quantitative estimate of drug-likeness (QED) is 0.882.